The van der Waals surface area contributed by atoms with Crippen molar-refractivity contribution in [3.8, 4) is 0 Å². The molecule has 2 aromatic heterocycles. The quantitative estimate of drug-likeness (QED) is 0.442. The van der Waals surface area contributed by atoms with E-state index in [1.54, 1.807) is 53.6 Å². The number of aromatic nitrogens is 2. The first kappa shape index (κ1) is 24.0. The van der Waals surface area contributed by atoms with Crippen LogP contribution in [0.3, 0.4) is 0 Å². The number of rotatable bonds is 5. The summed E-state index contributed by atoms with van der Waals surface area (Å²) in [6.45, 7) is 0.491. The molecular weight excluding hydrogens is 481 g/mol. The maximum absolute atomic E-state index is 14.1. The fraction of sp³-hybridized carbons (Fsp3) is 0.222. The van der Waals surface area contributed by atoms with Crippen molar-refractivity contribution >= 4 is 26.6 Å². The number of hydrogen-bond donors (Lipinski definition) is 1. The number of pyridine rings is 2. The van der Waals surface area contributed by atoms with Gasteiger partial charge in [-0.15, -0.1) is 0 Å². The van der Waals surface area contributed by atoms with Gasteiger partial charge >= 0.3 is 0 Å². The molecule has 1 aliphatic rings. The van der Waals surface area contributed by atoms with Crippen LogP contribution in [0.4, 0.5) is 4.39 Å². The van der Waals surface area contributed by atoms with Gasteiger partial charge < -0.3 is 10.0 Å². The molecule has 0 saturated carbocycles. The van der Waals surface area contributed by atoms with E-state index in [0.717, 1.165) is 5.39 Å². The molecule has 4 aromatic rings. The van der Waals surface area contributed by atoms with Crippen molar-refractivity contribution in [1.29, 1.82) is 0 Å². The number of para-hydroxylation sites is 1. The normalized spacial score (nSPS) is 15.7. The number of hydrogen-bond acceptors (Lipinski definition) is 6. The highest BCUT2D eigenvalue weighted by Gasteiger charge is 2.38. The van der Waals surface area contributed by atoms with E-state index in [1.165, 1.54) is 18.3 Å². The largest absolute Gasteiger partial charge is 0.383 e. The molecule has 1 fully saturated rings. The summed E-state index contributed by atoms with van der Waals surface area (Å²) in [6, 6.07) is 17.8. The summed E-state index contributed by atoms with van der Waals surface area (Å²) >= 11 is 0. The van der Waals surface area contributed by atoms with Crippen molar-refractivity contribution < 1.29 is 22.7 Å². The summed E-state index contributed by atoms with van der Waals surface area (Å²) in [5.74, 6) is -1.01. The van der Waals surface area contributed by atoms with Gasteiger partial charge in [-0.1, -0.05) is 30.3 Å². The fourth-order valence-corrected chi connectivity index (χ4v) is 6.13. The summed E-state index contributed by atoms with van der Waals surface area (Å²) in [5.41, 5.74) is -0.0152. The van der Waals surface area contributed by atoms with E-state index in [0.29, 0.717) is 16.6 Å². The first-order valence-corrected chi connectivity index (χ1v) is 13.2. The van der Waals surface area contributed by atoms with E-state index in [-0.39, 0.29) is 48.2 Å². The van der Waals surface area contributed by atoms with Crippen LogP contribution in [0.15, 0.2) is 84.0 Å². The molecule has 0 atom stereocenters. The minimum Gasteiger partial charge on any atom is -0.383 e. The number of benzene rings is 2. The van der Waals surface area contributed by atoms with Crippen LogP contribution in [0.25, 0.3) is 10.9 Å². The highest BCUT2D eigenvalue weighted by atomic mass is 32.2. The summed E-state index contributed by atoms with van der Waals surface area (Å²) in [5, 5.41) is 11.6. The SMILES string of the molecule is O=C(c1ccc(CS(=O)(=O)c2cccc3cccnc23)cc1)N1CCC(O)(c2ncccc2F)CC1. The highest BCUT2D eigenvalue weighted by Crippen LogP contribution is 2.33. The Morgan fingerprint density at radius 1 is 0.944 bits per heavy atom. The number of amides is 1. The van der Waals surface area contributed by atoms with Gasteiger partial charge in [-0.05, 0) is 54.8 Å². The molecule has 1 amide bonds. The zero-order chi connectivity index (χ0) is 25.3. The highest BCUT2D eigenvalue weighted by molar-refractivity contribution is 7.90. The minimum absolute atomic E-state index is 0.00376. The molecule has 3 heterocycles. The van der Waals surface area contributed by atoms with Crippen molar-refractivity contribution in [3.05, 3.63) is 102 Å². The Hall–Kier alpha value is -3.69. The van der Waals surface area contributed by atoms with Crippen LogP contribution in [0.5, 0.6) is 0 Å². The average Bonchev–Trinajstić information content (AvgIpc) is 2.89. The summed E-state index contributed by atoms with van der Waals surface area (Å²) in [4.78, 5) is 23.0. The van der Waals surface area contributed by atoms with Gasteiger partial charge in [0.25, 0.3) is 5.91 Å². The molecule has 0 radical (unpaired) electrons. The molecule has 0 unspecified atom stereocenters. The van der Waals surface area contributed by atoms with E-state index in [2.05, 4.69) is 9.97 Å². The number of carbonyl (C=O) groups is 1. The number of carbonyl (C=O) groups excluding carboxylic acids is 1. The summed E-state index contributed by atoms with van der Waals surface area (Å²) in [7, 11) is -3.66. The molecule has 0 bridgehead atoms. The Balaban J connectivity index is 1.27. The maximum atomic E-state index is 14.1. The van der Waals surface area contributed by atoms with Crippen LogP contribution in [0.2, 0.25) is 0 Å². The molecule has 36 heavy (non-hydrogen) atoms. The predicted octanol–water partition coefficient (Wildman–Crippen LogP) is 3.87. The predicted molar refractivity (Wildman–Crippen MR) is 132 cm³/mol. The van der Waals surface area contributed by atoms with Crippen LogP contribution in [0, 0.1) is 5.82 Å². The van der Waals surface area contributed by atoms with Crippen LogP contribution in [-0.4, -0.2) is 47.4 Å². The number of halogens is 1. The van der Waals surface area contributed by atoms with Gasteiger partial charge in [-0.3, -0.25) is 14.8 Å². The van der Waals surface area contributed by atoms with Crippen LogP contribution in [-0.2, 0) is 21.2 Å². The van der Waals surface area contributed by atoms with Crippen molar-refractivity contribution in [2.45, 2.75) is 29.1 Å². The zero-order valence-corrected chi connectivity index (χ0v) is 20.2. The molecule has 0 aliphatic carbocycles. The molecule has 1 N–H and O–H groups in total. The van der Waals surface area contributed by atoms with E-state index in [1.807, 2.05) is 12.1 Å². The van der Waals surface area contributed by atoms with Gasteiger partial charge in [0.1, 0.15) is 17.1 Å². The van der Waals surface area contributed by atoms with Gasteiger partial charge in [0.05, 0.1) is 16.2 Å². The lowest BCUT2D eigenvalue weighted by Crippen LogP contribution is -2.45. The fourth-order valence-electron chi connectivity index (χ4n) is 4.60. The van der Waals surface area contributed by atoms with Gasteiger partial charge in [-0.25, -0.2) is 12.8 Å². The third kappa shape index (κ3) is 4.59. The standard InChI is InChI=1S/C27H24FN3O4S/c28-22-6-3-15-30-25(22)27(33)12-16-31(17-13-27)26(32)21-10-8-19(9-11-21)18-36(34,35)23-7-1-4-20-5-2-14-29-24(20)23/h1-11,14-15,33H,12-13,16-18H2. The topological polar surface area (TPSA) is 100 Å². The minimum atomic E-state index is -3.66. The number of nitrogens with zero attached hydrogens (tertiary/aromatic N) is 3. The van der Waals surface area contributed by atoms with E-state index >= 15 is 0 Å². The molecule has 9 heteroatoms. The molecule has 7 nitrogen and oxygen atoms in total. The van der Waals surface area contributed by atoms with Crippen LogP contribution < -0.4 is 0 Å². The van der Waals surface area contributed by atoms with Crippen LogP contribution >= 0.6 is 0 Å². The molecule has 2 aromatic carbocycles. The third-order valence-electron chi connectivity index (χ3n) is 6.57. The van der Waals surface area contributed by atoms with Crippen molar-refractivity contribution in [3.63, 3.8) is 0 Å². The number of piperidine rings is 1. The molecule has 5 rings (SSSR count). The van der Waals surface area contributed by atoms with Gasteiger partial charge in [0.15, 0.2) is 9.84 Å². The molecule has 184 valence electrons. The Bertz CT molecular complexity index is 1530. The van der Waals surface area contributed by atoms with E-state index in [4.69, 9.17) is 0 Å². The van der Waals surface area contributed by atoms with Crippen molar-refractivity contribution in [2.24, 2.45) is 0 Å². The number of fused-ring (bicyclic) bond motifs is 1. The number of sulfone groups is 1. The van der Waals surface area contributed by atoms with E-state index < -0.39 is 21.3 Å². The lowest BCUT2D eigenvalue weighted by molar-refractivity contribution is -0.0270. The Morgan fingerprint density at radius 2 is 1.61 bits per heavy atom. The first-order valence-electron chi connectivity index (χ1n) is 11.5. The van der Waals surface area contributed by atoms with Crippen LogP contribution in [0.1, 0.15) is 34.5 Å². The third-order valence-corrected chi connectivity index (χ3v) is 8.28. The second kappa shape index (κ2) is 9.40. The Morgan fingerprint density at radius 3 is 2.33 bits per heavy atom. The molecule has 0 spiro atoms. The Labute approximate surface area is 208 Å². The zero-order valence-electron chi connectivity index (χ0n) is 19.3. The number of aliphatic hydroxyl groups is 1. The van der Waals surface area contributed by atoms with Gasteiger partial charge in [0, 0.05) is 36.4 Å². The van der Waals surface area contributed by atoms with Crippen molar-refractivity contribution in [1.82, 2.24) is 14.9 Å². The van der Waals surface area contributed by atoms with Gasteiger partial charge in [0.2, 0.25) is 0 Å². The molecule has 1 aliphatic heterocycles. The maximum Gasteiger partial charge on any atom is 0.253 e. The van der Waals surface area contributed by atoms with Crippen molar-refractivity contribution in [2.75, 3.05) is 13.1 Å². The lowest BCUT2D eigenvalue weighted by atomic mass is 9.87. The molecular formula is C27H24FN3O4S. The average molecular weight is 506 g/mol. The monoisotopic (exact) mass is 505 g/mol. The number of likely N-dealkylation sites (tertiary alicyclic amines) is 1. The smallest absolute Gasteiger partial charge is 0.253 e. The summed E-state index contributed by atoms with van der Waals surface area (Å²) in [6.07, 6.45) is 3.34. The second-order valence-corrected chi connectivity index (χ2v) is 10.9. The van der Waals surface area contributed by atoms with E-state index in [9.17, 15) is 22.7 Å². The summed E-state index contributed by atoms with van der Waals surface area (Å²) < 4.78 is 40.4. The second-order valence-electron chi connectivity index (χ2n) is 8.94. The molecule has 1 saturated heterocycles. The Kier molecular flexibility index (Phi) is 6.27. The first-order chi connectivity index (χ1) is 17.3. The lowest BCUT2D eigenvalue weighted by Gasteiger charge is -2.37. The van der Waals surface area contributed by atoms with Gasteiger partial charge in [-0.2, -0.15) is 0 Å².